The molecule has 0 saturated carbocycles. The molecular weight excluding hydrogens is 256 g/mol. The van der Waals surface area contributed by atoms with Gasteiger partial charge in [0.15, 0.2) is 0 Å². The van der Waals surface area contributed by atoms with Crippen molar-refractivity contribution in [2.24, 2.45) is 0 Å². The lowest BCUT2D eigenvalue weighted by Gasteiger charge is -2.32. The number of nitrogens with one attached hydrogen (secondary N) is 1. The van der Waals surface area contributed by atoms with Gasteiger partial charge in [-0.25, -0.2) is 4.68 Å². The Bertz CT molecular complexity index is 579. The third kappa shape index (κ3) is 2.53. The summed E-state index contributed by atoms with van der Waals surface area (Å²) in [5.41, 5.74) is 1.52. The number of hydrogen-bond donors (Lipinski definition) is 1. The van der Waals surface area contributed by atoms with E-state index in [0.717, 1.165) is 25.3 Å². The van der Waals surface area contributed by atoms with Crippen LogP contribution in [0.1, 0.15) is 17.3 Å². The first kappa shape index (κ1) is 12.7. The molecule has 1 saturated heterocycles. The Morgan fingerprint density at radius 2 is 2.15 bits per heavy atom. The lowest BCUT2D eigenvalue weighted by atomic mass is 10.1. The standard InChI is InChI=1S/C13H16N6O/c1-10-8-18(7-6-14-10)13(20)11-2-4-12(5-3-11)19-9-15-16-17-19/h2-5,9-10,14H,6-8H2,1H3/t10-/m0/s1. The van der Waals surface area contributed by atoms with E-state index < -0.39 is 0 Å². The van der Waals surface area contributed by atoms with Gasteiger partial charge in [0.25, 0.3) is 5.91 Å². The average Bonchev–Trinajstić information content (AvgIpc) is 3.01. The minimum atomic E-state index is 0.0709. The molecule has 1 aromatic heterocycles. The minimum Gasteiger partial charge on any atom is -0.336 e. The summed E-state index contributed by atoms with van der Waals surface area (Å²) in [6.07, 6.45) is 1.52. The van der Waals surface area contributed by atoms with Crippen LogP contribution in [-0.2, 0) is 0 Å². The van der Waals surface area contributed by atoms with Crippen molar-refractivity contribution >= 4 is 5.91 Å². The molecule has 1 amide bonds. The van der Waals surface area contributed by atoms with E-state index in [4.69, 9.17) is 0 Å². The van der Waals surface area contributed by atoms with Crippen molar-refractivity contribution < 1.29 is 4.79 Å². The number of tetrazole rings is 1. The highest BCUT2D eigenvalue weighted by Crippen LogP contribution is 2.11. The van der Waals surface area contributed by atoms with Crippen molar-refractivity contribution in [1.82, 2.24) is 30.4 Å². The van der Waals surface area contributed by atoms with Gasteiger partial charge < -0.3 is 10.2 Å². The van der Waals surface area contributed by atoms with Crippen molar-refractivity contribution in [2.75, 3.05) is 19.6 Å². The Balaban J connectivity index is 1.75. The highest BCUT2D eigenvalue weighted by Gasteiger charge is 2.21. The van der Waals surface area contributed by atoms with Crippen LogP contribution in [0.15, 0.2) is 30.6 Å². The molecule has 1 aliphatic rings. The maximum absolute atomic E-state index is 12.4. The first-order valence-corrected chi connectivity index (χ1v) is 6.60. The van der Waals surface area contributed by atoms with Gasteiger partial charge in [0, 0.05) is 31.2 Å². The Morgan fingerprint density at radius 3 is 2.80 bits per heavy atom. The molecule has 1 aromatic carbocycles. The zero-order chi connectivity index (χ0) is 13.9. The topological polar surface area (TPSA) is 75.9 Å². The summed E-state index contributed by atoms with van der Waals surface area (Å²) in [5, 5.41) is 14.3. The van der Waals surface area contributed by atoms with Gasteiger partial charge in [-0.1, -0.05) is 0 Å². The lowest BCUT2D eigenvalue weighted by Crippen LogP contribution is -2.51. The van der Waals surface area contributed by atoms with Crippen LogP contribution in [0.2, 0.25) is 0 Å². The molecule has 1 aliphatic heterocycles. The number of amides is 1. The summed E-state index contributed by atoms with van der Waals surface area (Å²) in [6, 6.07) is 7.65. The van der Waals surface area contributed by atoms with E-state index in [1.165, 1.54) is 6.33 Å². The van der Waals surface area contributed by atoms with Gasteiger partial charge in [-0.15, -0.1) is 5.10 Å². The molecular formula is C13H16N6O. The van der Waals surface area contributed by atoms with Crippen LogP contribution in [0.4, 0.5) is 0 Å². The third-order valence-corrected chi connectivity index (χ3v) is 3.38. The normalized spacial score (nSPS) is 19.1. The second-order valence-electron chi connectivity index (χ2n) is 4.91. The lowest BCUT2D eigenvalue weighted by molar-refractivity contribution is 0.0709. The van der Waals surface area contributed by atoms with E-state index in [-0.39, 0.29) is 5.91 Å². The van der Waals surface area contributed by atoms with Gasteiger partial charge in [0.05, 0.1) is 5.69 Å². The van der Waals surface area contributed by atoms with Crippen LogP contribution in [0.25, 0.3) is 5.69 Å². The fraction of sp³-hybridized carbons (Fsp3) is 0.385. The van der Waals surface area contributed by atoms with Crippen molar-refractivity contribution in [3.8, 4) is 5.69 Å². The zero-order valence-electron chi connectivity index (χ0n) is 11.2. The molecule has 0 aliphatic carbocycles. The Labute approximate surface area is 116 Å². The Morgan fingerprint density at radius 1 is 1.35 bits per heavy atom. The van der Waals surface area contributed by atoms with Crippen LogP contribution < -0.4 is 5.32 Å². The molecule has 0 unspecified atom stereocenters. The van der Waals surface area contributed by atoms with Gasteiger partial charge in [0.2, 0.25) is 0 Å². The quantitative estimate of drug-likeness (QED) is 0.839. The second-order valence-corrected chi connectivity index (χ2v) is 4.91. The van der Waals surface area contributed by atoms with E-state index >= 15 is 0 Å². The summed E-state index contributed by atoms with van der Waals surface area (Å²) in [4.78, 5) is 14.3. The molecule has 7 heteroatoms. The van der Waals surface area contributed by atoms with Crippen LogP contribution in [0, 0.1) is 0 Å². The molecule has 2 aromatic rings. The van der Waals surface area contributed by atoms with E-state index in [1.54, 1.807) is 4.68 Å². The minimum absolute atomic E-state index is 0.0709. The predicted octanol–water partition coefficient (Wildman–Crippen LogP) is 0.0962. The molecule has 0 spiro atoms. The summed E-state index contributed by atoms with van der Waals surface area (Å²) in [7, 11) is 0. The highest BCUT2D eigenvalue weighted by molar-refractivity contribution is 5.94. The van der Waals surface area contributed by atoms with Crippen molar-refractivity contribution in [2.45, 2.75) is 13.0 Å². The summed E-state index contributed by atoms with van der Waals surface area (Å²) < 4.78 is 1.56. The molecule has 1 N–H and O–H groups in total. The van der Waals surface area contributed by atoms with E-state index in [9.17, 15) is 4.79 Å². The molecule has 0 radical (unpaired) electrons. The smallest absolute Gasteiger partial charge is 0.253 e. The van der Waals surface area contributed by atoms with Crippen LogP contribution in [-0.4, -0.2) is 56.7 Å². The fourth-order valence-corrected chi connectivity index (χ4v) is 2.34. The average molecular weight is 272 g/mol. The third-order valence-electron chi connectivity index (χ3n) is 3.38. The number of carbonyl (C=O) groups is 1. The highest BCUT2D eigenvalue weighted by atomic mass is 16.2. The molecule has 20 heavy (non-hydrogen) atoms. The molecule has 1 atom stereocenters. The number of piperazine rings is 1. The number of nitrogens with zero attached hydrogens (tertiary/aromatic N) is 5. The maximum Gasteiger partial charge on any atom is 0.253 e. The number of benzene rings is 1. The van der Waals surface area contributed by atoms with Crippen LogP contribution in [0.5, 0.6) is 0 Å². The molecule has 1 fully saturated rings. The Kier molecular flexibility index (Phi) is 3.42. The van der Waals surface area contributed by atoms with E-state index in [0.29, 0.717) is 11.6 Å². The van der Waals surface area contributed by atoms with Crippen molar-refractivity contribution in [3.05, 3.63) is 36.2 Å². The van der Waals surface area contributed by atoms with Gasteiger partial charge >= 0.3 is 0 Å². The van der Waals surface area contributed by atoms with E-state index in [2.05, 4.69) is 27.8 Å². The Hall–Kier alpha value is -2.28. The largest absolute Gasteiger partial charge is 0.336 e. The SMILES string of the molecule is C[C@H]1CN(C(=O)c2ccc(-n3cnnn3)cc2)CCN1. The van der Waals surface area contributed by atoms with Crippen LogP contribution >= 0.6 is 0 Å². The molecule has 3 rings (SSSR count). The summed E-state index contributed by atoms with van der Waals surface area (Å²) in [5.74, 6) is 0.0709. The molecule has 7 nitrogen and oxygen atoms in total. The summed E-state index contributed by atoms with van der Waals surface area (Å²) >= 11 is 0. The van der Waals surface area contributed by atoms with Gasteiger partial charge in [0.1, 0.15) is 6.33 Å². The van der Waals surface area contributed by atoms with E-state index in [1.807, 2.05) is 29.2 Å². The monoisotopic (exact) mass is 272 g/mol. The maximum atomic E-state index is 12.4. The molecule has 2 heterocycles. The van der Waals surface area contributed by atoms with Crippen molar-refractivity contribution in [1.29, 1.82) is 0 Å². The van der Waals surface area contributed by atoms with Gasteiger partial charge in [-0.3, -0.25) is 4.79 Å². The zero-order valence-corrected chi connectivity index (χ0v) is 11.2. The number of aromatic nitrogens is 4. The molecule has 0 bridgehead atoms. The van der Waals surface area contributed by atoms with Gasteiger partial charge in [-0.2, -0.15) is 0 Å². The van der Waals surface area contributed by atoms with Gasteiger partial charge in [-0.05, 0) is 41.6 Å². The number of carbonyl (C=O) groups excluding carboxylic acids is 1. The van der Waals surface area contributed by atoms with Crippen molar-refractivity contribution in [3.63, 3.8) is 0 Å². The first-order valence-electron chi connectivity index (χ1n) is 6.60. The predicted molar refractivity (Wildman–Crippen MR) is 72.5 cm³/mol. The second kappa shape index (κ2) is 5.38. The molecule has 104 valence electrons. The van der Waals surface area contributed by atoms with Crippen LogP contribution in [0.3, 0.4) is 0 Å². The fourth-order valence-electron chi connectivity index (χ4n) is 2.34. The number of hydrogen-bond acceptors (Lipinski definition) is 5. The summed E-state index contributed by atoms with van der Waals surface area (Å²) in [6.45, 7) is 4.42. The first-order chi connectivity index (χ1) is 9.74. The number of rotatable bonds is 2.